The second-order valence-electron chi connectivity index (χ2n) is 10.8. The molecule has 1 spiro atoms. The highest BCUT2D eigenvalue weighted by Gasteiger charge is 2.74. The van der Waals surface area contributed by atoms with Crippen molar-refractivity contribution >= 4 is 11.9 Å². The summed E-state index contributed by atoms with van der Waals surface area (Å²) in [4.78, 5) is 23.6. The van der Waals surface area contributed by atoms with Gasteiger partial charge >= 0.3 is 11.9 Å². The molecule has 0 N–H and O–H groups in total. The zero-order chi connectivity index (χ0) is 19.2. The van der Waals surface area contributed by atoms with E-state index >= 15 is 0 Å². The van der Waals surface area contributed by atoms with E-state index in [1.807, 2.05) is 0 Å². The fourth-order valence-corrected chi connectivity index (χ4v) is 8.04. The van der Waals surface area contributed by atoms with E-state index in [0.717, 1.165) is 12.3 Å². The molecule has 0 aromatic carbocycles. The zero-order valence-electron chi connectivity index (χ0n) is 17.0. The Balaban J connectivity index is 1.47. The van der Waals surface area contributed by atoms with E-state index in [1.165, 1.54) is 39.0 Å². The minimum Gasteiger partial charge on any atom is -0.435 e. The van der Waals surface area contributed by atoms with Crippen LogP contribution in [0.1, 0.15) is 72.6 Å². The van der Waals surface area contributed by atoms with Gasteiger partial charge in [0.15, 0.2) is 0 Å². The number of hydrogen-bond acceptors (Lipinski definition) is 5. The van der Waals surface area contributed by atoms with Crippen LogP contribution >= 0.6 is 0 Å². The van der Waals surface area contributed by atoms with E-state index in [-0.39, 0.29) is 29.2 Å². The maximum atomic E-state index is 11.9. The molecule has 0 amide bonds. The number of fused-ring (bicyclic) bond motifs is 1. The number of hydrogen-bond donors (Lipinski definition) is 0. The summed E-state index contributed by atoms with van der Waals surface area (Å²) in [7, 11) is 0. The Kier molecular flexibility index (Phi) is 3.65. The van der Waals surface area contributed by atoms with Gasteiger partial charge in [-0.3, -0.25) is 9.59 Å². The van der Waals surface area contributed by atoms with Gasteiger partial charge in [0, 0.05) is 18.8 Å². The van der Waals surface area contributed by atoms with Crippen molar-refractivity contribution in [3.05, 3.63) is 0 Å². The minimum atomic E-state index is -0.582. The Labute approximate surface area is 161 Å². The van der Waals surface area contributed by atoms with Crippen LogP contribution in [-0.2, 0) is 23.8 Å². The molecule has 0 radical (unpaired) electrons. The lowest BCUT2D eigenvalue weighted by atomic mass is 9.51. The smallest absolute Gasteiger partial charge is 0.308 e. The monoisotopic (exact) mass is 376 g/mol. The van der Waals surface area contributed by atoms with Crippen LogP contribution in [-0.4, -0.2) is 24.5 Å². The average Bonchev–Trinajstić information content (AvgIpc) is 3.05. The van der Waals surface area contributed by atoms with Crippen molar-refractivity contribution in [1.82, 2.24) is 0 Å². The van der Waals surface area contributed by atoms with Crippen LogP contribution in [0.25, 0.3) is 0 Å². The fraction of sp³-hybridized carbons (Fsp3) is 0.909. The summed E-state index contributed by atoms with van der Waals surface area (Å²) in [6, 6.07) is 0. The summed E-state index contributed by atoms with van der Waals surface area (Å²) in [5.41, 5.74) is 0.916. The molecular formula is C22H32O5. The molecule has 5 fully saturated rings. The molecule has 150 valence electrons. The van der Waals surface area contributed by atoms with Crippen molar-refractivity contribution in [2.24, 2.45) is 39.9 Å². The number of rotatable bonds is 2. The van der Waals surface area contributed by atoms with Crippen LogP contribution in [0, 0.1) is 39.9 Å². The SMILES string of the molecule is CC(=O)OC1OC2OC(=O)CC2C1C1(C)CCC2C(C)(C)CCCC23CC13. The third-order valence-electron chi connectivity index (χ3n) is 9.05. The van der Waals surface area contributed by atoms with Crippen LogP contribution in [0.4, 0.5) is 0 Å². The maximum absolute atomic E-state index is 11.9. The standard InChI is InChI=1S/C22H32O5/c1-12(23)25-19-17(13-10-16(24)26-18(13)27-19)21(4)9-6-14-20(2,3)7-5-8-22(14)11-15(21)22/h13-15,17-19H,5-11H2,1-4H3. The van der Waals surface area contributed by atoms with Crippen LogP contribution in [0.2, 0.25) is 0 Å². The van der Waals surface area contributed by atoms with Gasteiger partial charge in [-0.15, -0.1) is 0 Å². The quantitative estimate of drug-likeness (QED) is 0.681. The summed E-state index contributed by atoms with van der Waals surface area (Å²) in [6.45, 7) is 8.72. The van der Waals surface area contributed by atoms with Gasteiger partial charge in [-0.1, -0.05) is 27.2 Å². The summed E-state index contributed by atoms with van der Waals surface area (Å²) >= 11 is 0. The van der Waals surface area contributed by atoms with Crippen molar-refractivity contribution in [2.75, 3.05) is 0 Å². The van der Waals surface area contributed by atoms with E-state index in [1.54, 1.807) is 0 Å². The molecule has 5 aliphatic rings. The summed E-state index contributed by atoms with van der Waals surface area (Å²) in [5, 5.41) is 0. The molecular weight excluding hydrogens is 344 g/mol. The Morgan fingerprint density at radius 1 is 1.15 bits per heavy atom. The molecule has 5 nitrogen and oxygen atoms in total. The van der Waals surface area contributed by atoms with Gasteiger partial charge < -0.3 is 14.2 Å². The number of carbonyl (C=O) groups is 2. The van der Waals surface area contributed by atoms with Gasteiger partial charge in [0.05, 0.1) is 6.42 Å². The maximum Gasteiger partial charge on any atom is 0.308 e. The number of esters is 2. The van der Waals surface area contributed by atoms with E-state index < -0.39 is 12.6 Å². The second kappa shape index (κ2) is 5.49. The molecule has 3 saturated carbocycles. The Morgan fingerprint density at radius 2 is 1.93 bits per heavy atom. The summed E-state index contributed by atoms with van der Waals surface area (Å²) < 4.78 is 17.0. The first-order chi connectivity index (χ1) is 12.7. The highest BCUT2D eigenvalue weighted by Crippen LogP contribution is 2.79. The van der Waals surface area contributed by atoms with Gasteiger partial charge in [0.2, 0.25) is 12.6 Å². The Hall–Kier alpha value is -1.10. The highest BCUT2D eigenvalue weighted by molar-refractivity contribution is 5.72. The minimum absolute atomic E-state index is 0.0117. The van der Waals surface area contributed by atoms with Crippen molar-refractivity contribution in [2.45, 2.75) is 85.2 Å². The first kappa shape index (κ1) is 18.0. The molecule has 2 heterocycles. The summed E-state index contributed by atoms with van der Waals surface area (Å²) in [5.74, 6) is 0.995. The van der Waals surface area contributed by atoms with Gasteiger partial charge in [-0.2, -0.15) is 0 Å². The number of ether oxygens (including phenoxy) is 3. The normalized spacial score (nSPS) is 52.4. The Bertz CT molecular complexity index is 686. The van der Waals surface area contributed by atoms with Crippen LogP contribution in [0.5, 0.6) is 0 Å². The zero-order valence-corrected chi connectivity index (χ0v) is 17.0. The molecule has 5 heteroatoms. The topological polar surface area (TPSA) is 61.8 Å². The predicted molar refractivity (Wildman–Crippen MR) is 97.1 cm³/mol. The first-order valence-corrected chi connectivity index (χ1v) is 10.7. The van der Waals surface area contributed by atoms with Crippen molar-refractivity contribution < 1.29 is 23.8 Å². The van der Waals surface area contributed by atoms with Crippen LogP contribution in [0.3, 0.4) is 0 Å². The lowest BCUT2D eigenvalue weighted by molar-refractivity contribution is -0.216. The molecule has 0 bridgehead atoms. The fourth-order valence-electron chi connectivity index (χ4n) is 8.04. The van der Waals surface area contributed by atoms with E-state index in [4.69, 9.17) is 14.2 Å². The molecule has 8 unspecified atom stereocenters. The highest BCUT2D eigenvalue weighted by atomic mass is 16.8. The largest absolute Gasteiger partial charge is 0.435 e. The van der Waals surface area contributed by atoms with Crippen molar-refractivity contribution in [3.8, 4) is 0 Å². The van der Waals surface area contributed by atoms with Gasteiger partial charge in [-0.05, 0) is 60.2 Å². The molecule has 3 aliphatic carbocycles. The predicted octanol–water partition coefficient (Wildman–Crippen LogP) is 4.04. The lowest BCUT2D eigenvalue weighted by Crippen LogP contribution is -2.49. The molecule has 0 aromatic rings. The summed E-state index contributed by atoms with van der Waals surface area (Å²) in [6.07, 6.45) is 6.88. The van der Waals surface area contributed by atoms with Gasteiger partial charge in [-0.25, -0.2) is 0 Å². The second-order valence-corrected chi connectivity index (χ2v) is 10.8. The van der Waals surface area contributed by atoms with Crippen molar-refractivity contribution in [1.29, 1.82) is 0 Å². The molecule has 5 rings (SSSR count). The molecule has 2 saturated heterocycles. The molecule has 27 heavy (non-hydrogen) atoms. The van der Waals surface area contributed by atoms with E-state index in [2.05, 4.69) is 20.8 Å². The first-order valence-electron chi connectivity index (χ1n) is 10.7. The third kappa shape index (κ3) is 2.39. The third-order valence-corrected chi connectivity index (χ3v) is 9.05. The molecule has 2 aliphatic heterocycles. The number of carbonyl (C=O) groups excluding carboxylic acids is 2. The lowest BCUT2D eigenvalue weighted by Gasteiger charge is -2.54. The van der Waals surface area contributed by atoms with Crippen LogP contribution in [0.15, 0.2) is 0 Å². The molecule has 0 aromatic heterocycles. The van der Waals surface area contributed by atoms with E-state index in [9.17, 15) is 9.59 Å². The average molecular weight is 376 g/mol. The van der Waals surface area contributed by atoms with Gasteiger partial charge in [0.1, 0.15) is 0 Å². The van der Waals surface area contributed by atoms with Gasteiger partial charge in [0.25, 0.3) is 0 Å². The molecule has 8 atom stereocenters. The van der Waals surface area contributed by atoms with Crippen molar-refractivity contribution in [3.63, 3.8) is 0 Å². The Morgan fingerprint density at radius 3 is 2.67 bits per heavy atom. The van der Waals surface area contributed by atoms with Crippen LogP contribution < -0.4 is 0 Å². The van der Waals surface area contributed by atoms with E-state index in [0.29, 0.717) is 23.2 Å².